The Morgan fingerprint density at radius 1 is 1.09 bits per heavy atom. The van der Waals surface area contributed by atoms with Gasteiger partial charge in [0, 0.05) is 17.7 Å². The van der Waals surface area contributed by atoms with E-state index >= 15 is 0 Å². The number of aromatic nitrogens is 1. The van der Waals surface area contributed by atoms with Gasteiger partial charge in [-0.25, -0.2) is 26.0 Å². The van der Waals surface area contributed by atoms with E-state index in [0.717, 1.165) is 34.8 Å². The highest BCUT2D eigenvalue weighted by molar-refractivity contribution is 7.89. The largest absolute Gasteiger partial charge is 0.349 e. The van der Waals surface area contributed by atoms with Gasteiger partial charge < -0.3 is 5.32 Å². The monoisotopic (exact) mass is 507 g/mol. The van der Waals surface area contributed by atoms with Crippen LogP contribution in [0.25, 0.3) is 11.1 Å². The fourth-order valence-electron chi connectivity index (χ4n) is 3.94. The first-order valence-corrected chi connectivity index (χ1v) is 12.2. The lowest BCUT2D eigenvalue weighted by atomic mass is 10.0. The Morgan fingerprint density at radius 3 is 2.43 bits per heavy atom. The number of carbonyl (C=O) groups is 1. The lowest BCUT2D eigenvalue weighted by Crippen LogP contribution is -2.45. The molecule has 3 aromatic rings. The number of sulfonamides is 1. The average Bonchev–Trinajstić information content (AvgIpc) is 3.35. The number of rotatable bonds is 7. The number of nitrogens with one attached hydrogen (secondary N) is 1. The molecular weight excluding hydrogens is 486 g/mol. The van der Waals surface area contributed by atoms with Crippen molar-refractivity contribution in [1.82, 2.24) is 14.6 Å². The van der Waals surface area contributed by atoms with E-state index in [0.29, 0.717) is 24.1 Å². The van der Waals surface area contributed by atoms with Gasteiger partial charge in [-0.1, -0.05) is 24.3 Å². The lowest BCUT2D eigenvalue weighted by Gasteiger charge is -2.23. The zero-order valence-electron chi connectivity index (χ0n) is 18.3. The molecule has 0 radical (unpaired) electrons. The molecule has 0 aliphatic carbocycles. The second-order valence-corrected chi connectivity index (χ2v) is 9.91. The molecule has 184 valence electrons. The molecule has 0 spiro atoms. The molecule has 1 saturated heterocycles. The van der Waals surface area contributed by atoms with E-state index in [1.165, 1.54) is 30.3 Å². The number of carbonyl (C=O) groups excluding carboxylic acids is 1. The third-order valence-electron chi connectivity index (χ3n) is 5.76. The quantitative estimate of drug-likeness (QED) is 0.480. The van der Waals surface area contributed by atoms with Crippen LogP contribution < -0.4 is 5.32 Å². The molecular formula is C24H21F4N3O3S. The Morgan fingerprint density at radius 2 is 1.77 bits per heavy atom. The Labute approximate surface area is 199 Å². The first-order chi connectivity index (χ1) is 16.7. The smallest absolute Gasteiger partial charge is 0.263 e. The van der Waals surface area contributed by atoms with E-state index in [9.17, 15) is 30.8 Å². The van der Waals surface area contributed by atoms with Crippen LogP contribution in [0.5, 0.6) is 0 Å². The third-order valence-corrected chi connectivity index (χ3v) is 7.68. The SMILES string of the molecule is O=C(NCc1cc(-c2ccc(C(F)F)cc2)c(F)cn1)[C@@H]1CCCN1S(=O)(=O)c1ccc(F)cc1. The summed E-state index contributed by atoms with van der Waals surface area (Å²) in [5, 5.41) is 2.64. The van der Waals surface area contributed by atoms with Gasteiger partial charge in [0.15, 0.2) is 0 Å². The zero-order chi connectivity index (χ0) is 25.2. The second kappa shape index (κ2) is 10.1. The standard InChI is InChI=1S/C24H21F4N3O3S/c25-17-7-9-19(10-8-17)35(33,34)31-11-1-2-22(31)24(32)30-13-18-12-20(21(26)14-29-18)15-3-5-16(6-4-15)23(27)28/h3-10,12,14,22-23H,1-2,11,13H2,(H,30,32)/t22-/m0/s1. The van der Waals surface area contributed by atoms with Crippen LogP contribution in [0.15, 0.2) is 65.7 Å². The van der Waals surface area contributed by atoms with Gasteiger partial charge in [-0.2, -0.15) is 4.31 Å². The van der Waals surface area contributed by atoms with E-state index in [2.05, 4.69) is 10.3 Å². The van der Waals surface area contributed by atoms with Crippen LogP contribution in [0.1, 0.15) is 30.5 Å². The van der Waals surface area contributed by atoms with Crippen molar-refractivity contribution in [3.05, 3.63) is 83.7 Å². The van der Waals surface area contributed by atoms with Gasteiger partial charge in [-0.05, 0) is 48.7 Å². The zero-order valence-corrected chi connectivity index (χ0v) is 19.1. The van der Waals surface area contributed by atoms with Crippen LogP contribution >= 0.6 is 0 Å². The second-order valence-electron chi connectivity index (χ2n) is 8.02. The van der Waals surface area contributed by atoms with Gasteiger partial charge in [0.1, 0.15) is 17.7 Å². The maximum Gasteiger partial charge on any atom is 0.263 e. The summed E-state index contributed by atoms with van der Waals surface area (Å²) < 4.78 is 80.1. The Bertz CT molecular complexity index is 1320. The van der Waals surface area contributed by atoms with Gasteiger partial charge in [0.05, 0.1) is 23.3 Å². The summed E-state index contributed by atoms with van der Waals surface area (Å²) in [6, 6.07) is 9.98. The van der Waals surface area contributed by atoms with Crippen molar-refractivity contribution in [2.24, 2.45) is 0 Å². The van der Waals surface area contributed by atoms with Crippen molar-refractivity contribution in [3.8, 4) is 11.1 Å². The molecule has 1 amide bonds. The highest BCUT2D eigenvalue weighted by Gasteiger charge is 2.39. The molecule has 1 aliphatic heterocycles. The van der Waals surface area contributed by atoms with Crippen molar-refractivity contribution in [3.63, 3.8) is 0 Å². The lowest BCUT2D eigenvalue weighted by molar-refractivity contribution is -0.124. The number of benzene rings is 2. The van der Waals surface area contributed by atoms with E-state index in [-0.39, 0.29) is 29.1 Å². The van der Waals surface area contributed by atoms with Crippen molar-refractivity contribution < 1.29 is 30.8 Å². The molecule has 1 aromatic heterocycles. The Kier molecular flexibility index (Phi) is 7.18. The summed E-state index contributed by atoms with van der Waals surface area (Å²) >= 11 is 0. The van der Waals surface area contributed by atoms with Gasteiger partial charge in [-0.3, -0.25) is 9.78 Å². The molecule has 11 heteroatoms. The van der Waals surface area contributed by atoms with Crippen LogP contribution in [-0.4, -0.2) is 36.2 Å². The molecule has 2 aromatic carbocycles. The van der Waals surface area contributed by atoms with Crippen molar-refractivity contribution in [2.45, 2.75) is 36.7 Å². The van der Waals surface area contributed by atoms with Crippen LogP contribution in [0.4, 0.5) is 17.6 Å². The van der Waals surface area contributed by atoms with Gasteiger partial charge in [0.2, 0.25) is 15.9 Å². The van der Waals surface area contributed by atoms with Gasteiger partial charge in [0.25, 0.3) is 6.43 Å². The predicted octanol–water partition coefficient (Wildman–Crippen LogP) is 4.43. The van der Waals surface area contributed by atoms with E-state index in [1.54, 1.807) is 0 Å². The van der Waals surface area contributed by atoms with E-state index < -0.39 is 40.0 Å². The number of hydrogen-bond donors (Lipinski definition) is 1. The van der Waals surface area contributed by atoms with Crippen molar-refractivity contribution in [1.29, 1.82) is 0 Å². The van der Waals surface area contributed by atoms with Crippen LogP contribution in [0, 0.1) is 11.6 Å². The molecule has 4 rings (SSSR count). The number of alkyl halides is 2. The molecule has 1 atom stereocenters. The number of halogens is 4. The summed E-state index contributed by atoms with van der Waals surface area (Å²) in [6.07, 6.45) is -0.880. The molecule has 0 bridgehead atoms. The number of hydrogen-bond acceptors (Lipinski definition) is 4. The molecule has 35 heavy (non-hydrogen) atoms. The molecule has 6 nitrogen and oxygen atoms in total. The summed E-state index contributed by atoms with van der Waals surface area (Å²) in [7, 11) is -4.00. The highest BCUT2D eigenvalue weighted by Crippen LogP contribution is 2.28. The first-order valence-electron chi connectivity index (χ1n) is 10.7. The normalized spacial score (nSPS) is 16.5. The minimum Gasteiger partial charge on any atom is -0.349 e. The Hall–Kier alpha value is -3.31. The molecule has 1 fully saturated rings. The molecule has 2 heterocycles. The topological polar surface area (TPSA) is 79.4 Å². The molecule has 1 aliphatic rings. The number of pyridine rings is 1. The average molecular weight is 508 g/mol. The van der Waals surface area contributed by atoms with Gasteiger partial charge >= 0.3 is 0 Å². The Balaban J connectivity index is 1.47. The third kappa shape index (κ3) is 5.35. The first kappa shape index (κ1) is 24.8. The number of amides is 1. The van der Waals surface area contributed by atoms with Crippen LogP contribution in [-0.2, 0) is 21.4 Å². The minimum absolute atomic E-state index is 0.0951. The van der Waals surface area contributed by atoms with Gasteiger partial charge in [-0.15, -0.1) is 0 Å². The van der Waals surface area contributed by atoms with Crippen LogP contribution in [0.3, 0.4) is 0 Å². The summed E-state index contributed by atoms with van der Waals surface area (Å²) in [5.74, 6) is -1.77. The summed E-state index contributed by atoms with van der Waals surface area (Å²) in [5.41, 5.74) is 0.617. The molecule has 0 saturated carbocycles. The highest BCUT2D eigenvalue weighted by atomic mass is 32.2. The minimum atomic E-state index is -4.00. The summed E-state index contributed by atoms with van der Waals surface area (Å²) in [6.45, 7) is 0.0491. The fraction of sp³-hybridized carbons (Fsp3) is 0.250. The summed E-state index contributed by atoms with van der Waals surface area (Å²) in [4.78, 5) is 16.7. The van der Waals surface area contributed by atoms with E-state index in [4.69, 9.17) is 0 Å². The van der Waals surface area contributed by atoms with Crippen molar-refractivity contribution >= 4 is 15.9 Å². The molecule has 0 unspecified atom stereocenters. The predicted molar refractivity (Wildman–Crippen MR) is 120 cm³/mol. The number of nitrogens with zero attached hydrogens (tertiary/aromatic N) is 2. The maximum atomic E-state index is 14.3. The fourth-order valence-corrected chi connectivity index (χ4v) is 5.59. The van der Waals surface area contributed by atoms with Crippen LogP contribution in [0.2, 0.25) is 0 Å². The molecule has 1 N–H and O–H groups in total. The van der Waals surface area contributed by atoms with Crippen molar-refractivity contribution in [2.75, 3.05) is 6.54 Å². The maximum absolute atomic E-state index is 14.3. The van der Waals surface area contributed by atoms with E-state index in [1.807, 2.05) is 0 Å².